The summed E-state index contributed by atoms with van der Waals surface area (Å²) in [6, 6.07) is 5.61. The van der Waals surface area contributed by atoms with Crippen LogP contribution in [0.2, 0.25) is 0 Å². The number of aryl methyl sites for hydroxylation is 2. The van der Waals surface area contributed by atoms with Gasteiger partial charge in [-0.3, -0.25) is 14.0 Å². The van der Waals surface area contributed by atoms with Crippen molar-refractivity contribution in [1.29, 1.82) is 0 Å². The smallest absolute Gasteiger partial charge is 0.282 e. The number of halogens is 1. The van der Waals surface area contributed by atoms with Gasteiger partial charge in [0.2, 0.25) is 0 Å². The highest BCUT2D eigenvalue weighted by Crippen LogP contribution is 2.17. The van der Waals surface area contributed by atoms with E-state index in [9.17, 15) is 14.0 Å². The van der Waals surface area contributed by atoms with Crippen molar-refractivity contribution in [3.8, 4) is 0 Å². The van der Waals surface area contributed by atoms with Crippen LogP contribution in [0.5, 0.6) is 0 Å². The van der Waals surface area contributed by atoms with Crippen molar-refractivity contribution in [2.45, 2.75) is 13.8 Å². The summed E-state index contributed by atoms with van der Waals surface area (Å²) in [6.45, 7) is 3.41. The molecule has 2 aromatic heterocycles. The zero-order chi connectivity index (χ0) is 15.9. The summed E-state index contributed by atoms with van der Waals surface area (Å²) in [5.74, 6) is -1.31. The summed E-state index contributed by atoms with van der Waals surface area (Å²) in [5.41, 5.74) is 0.710. The fourth-order valence-corrected chi connectivity index (χ4v) is 3.06. The van der Waals surface area contributed by atoms with Gasteiger partial charge in [0.05, 0.1) is 11.3 Å². The molecule has 3 rings (SSSR count). The number of anilines is 1. The number of benzene rings is 1. The number of hydrogen-bond donors (Lipinski definition) is 1. The van der Waals surface area contributed by atoms with E-state index in [1.165, 1.54) is 33.9 Å². The summed E-state index contributed by atoms with van der Waals surface area (Å²) in [4.78, 5) is 29.5. The first-order valence-electron chi connectivity index (χ1n) is 6.52. The van der Waals surface area contributed by atoms with E-state index >= 15 is 0 Å². The number of rotatable bonds is 2. The van der Waals surface area contributed by atoms with Crippen LogP contribution in [0.4, 0.5) is 10.1 Å². The van der Waals surface area contributed by atoms with Crippen LogP contribution in [0, 0.1) is 19.7 Å². The molecule has 0 radical (unpaired) electrons. The fourth-order valence-electron chi connectivity index (χ4n) is 2.15. The van der Waals surface area contributed by atoms with E-state index in [0.29, 0.717) is 10.7 Å². The van der Waals surface area contributed by atoms with E-state index in [1.807, 2.05) is 5.38 Å². The SMILES string of the molecule is Cc1nc2scc(C)n2c(=O)c1NC(=O)c1ccccc1F. The molecular weight excluding hydrogens is 305 g/mol. The minimum Gasteiger partial charge on any atom is -0.316 e. The number of thiazole rings is 1. The molecule has 0 aliphatic heterocycles. The van der Waals surface area contributed by atoms with E-state index in [-0.39, 0.29) is 16.8 Å². The second kappa shape index (κ2) is 5.34. The van der Waals surface area contributed by atoms with Gasteiger partial charge in [0.1, 0.15) is 11.5 Å². The molecule has 0 aliphatic carbocycles. The second-order valence-corrected chi connectivity index (χ2v) is 5.64. The van der Waals surface area contributed by atoms with Crippen molar-refractivity contribution in [1.82, 2.24) is 9.38 Å². The van der Waals surface area contributed by atoms with Crippen LogP contribution < -0.4 is 10.9 Å². The Bertz CT molecular complexity index is 946. The minimum atomic E-state index is -0.673. The summed E-state index contributed by atoms with van der Waals surface area (Å²) in [7, 11) is 0. The lowest BCUT2D eigenvalue weighted by atomic mass is 10.2. The molecule has 0 saturated carbocycles. The van der Waals surface area contributed by atoms with Crippen molar-refractivity contribution in [2.24, 2.45) is 0 Å². The van der Waals surface area contributed by atoms with Gasteiger partial charge < -0.3 is 5.32 Å². The molecule has 7 heteroatoms. The topological polar surface area (TPSA) is 63.5 Å². The maximum absolute atomic E-state index is 13.7. The lowest BCUT2D eigenvalue weighted by Crippen LogP contribution is -2.25. The summed E-state index contributed by atoms with van der Waals surface area (Å²) in [6.07, 6.45) is 0. The molecule has 112 valence electrons. The third kappa shape index (κ3) is 2.29. The molecule has 0 fully saturated rings. The lowest BCUT2D eigenvalue weighted by molar-refractivity contribution is 0.102. The van der Waals surface area contributed by atoms with E-state index in [2.05, 4.69) is 10.3 Å². The Kier molecular flexibility index (Phi) is 3.50. The van der Waals surface area contributed by atoms with Gasteiger partial charge in [0.15, 0.2) is 4.96 Å². The summed E-state index contributed by atoms with van der Waals surface area (Å²) < 4.78 is 15.1. The highest BCUT2D eigenvalue weighted by Gasteiger charge is 2.17. The average molecular weight is 317 g/mol. The Morgan fingerprint density at radius 2 is 2.05 bits per heavy atom. The number of nitrogens with one attached hydrogen (secondary N) is 1. The zero-order valence-corrected chi connectivity index (χ0v) is 12.7. The molecule has 0 saturated heterocycles. The molecule has 3 aromatic rings. The van der Waals surface area contributed by atoms with Gasteiger partial charge in [-0.25, -0.2) is 9.37 Å². The van der Waals surface area contributed by atoms with Crippen molar-refractivity contribution in [2.75, 3.05) is 5.32 Å². The molecule has 5 nitrogen and oxygen atoms in total. The Hall–Kier alpha value is -2.54. The summed E-state index contributed by atoms with van der Waals surface area (Å²) >= 11 is 1.35. The second-order valence-electron chi connectivity index (χ2n) is 4.81. The third-order valence-corrected chi connectivity index (χ3v) is 4.22. The normalized spacial score (nSPS) is 10.9. The van der Waals surface area contributed by atoms with Crippen molar-refractivity contribution >= 4 is 27.9 Å². The first kappa shape index (κ1) is 14.4. The quantitative estimate of drug-likeness (QED) is 0.790. The van der Waals surface area contributed by atoms with E-state index in [4.69, 9.17) is 0 Å². The van der Waals surface area contributed by atoms with Crippen LogP contribution in [-0.2, 0) is 0 Å². The van der Waals surface area contributed by atoms with Crippen molar-refractivity contribution < 1.29 is 9.18 Å². The number of hydrogen-bond acceptors (Lipinski definition) is 4. The van der Waals surface area contributed by atoms with Crippen LogP contribution in [0.25, 0.3) is 4.96 Å². The third-order valence-electron chi connectivity index (χ3n) is 3.28. The lowest BCUT2D eigenvalue weighted by Gasteiger charge is -2.08. The monoisotopic (exact) mass is 317 g/mol. The molecule has 22 heavy (non-hydrogen) atoms. The number of carbonyl (C=O) groups excluding carboxylic acids is 1. The first-order chi connectivity index (χ1) is 10.5. The van der Waals surface area contributed by atoms with Gasteiger partial charge in [0.25, 0.3) is 11.5 Å². The predicted octanol–water partition coefficient (Wildman–Crippen LogP) is 2.76. The van der Waals surface area contributed by atoms with Gasteiger partial charge >= 0.3 is 0 Å². The van der Waals surface area contributed by atoms with Gasteiger partial charge in [0, 0.05) is 11.1 Å². The minimum absolute atomic E-state index is 0.0623. The van der Waals surface area contributed by atoms with Gasteiger partial charge in [-0.2, -0.15) is 0 Å². The van der Waals surface area contributed by atoms with Gasteiger partial charge in [-0.05, 0) is 26.0 Å². The maximum atomic E-state index is 13.7. The molecule has 0 bridgehead atoms. The molecule has 0 atom stereocenters. The molecule has 1 aromatic carbocycles. The zero-order valence-electron chi connectivity index (χ0n) is 11.9. The van der Waals surface area contributed by atoms with Crippen molar-refractivity contribution in [3.63, 3.8) is 0 Å². The first-order valence-corrected chi connectivity index (χ1v) is 7.40. The fraction of sp³-hybridized carbons (Fsp3) is 0.133. The number of amides is 1. The van der Waals surface area contributed by atoms with Crippen LogP contribution in [0.1, 0.15) is 21.7 Å². The molecule has 0 unspecified atom stereocenters. The number of aromatic nitrogens is 2. The summed E-state index contributed by atoms with van der Waals surface area (Å²) in [5, 5.41) is 4.29. The predicted molar refractivity (Wildman–Crippen MR) is 83.2 cm³/mol. The van der Waals surface area contributed by atoms with Crippen LogP contribution in [-0.4, -0.2) is 15.3 Å². The molecule has 2 heterocycles. The Balaban J connectivity index is 2.08. The van der Waals surface area contributed by atoms with Crippen LogP contribution in [0.15, 0.2) is 34.4 Å². The van der Waals surface area contributed by atoms with E-state index in [1.54, 1.807) is 19.9 Å². The largest absolute Gasteiger partial charge is 0.316 e. The van der Waals surface area contributed by atoms with Gasteiger partial charge in [-0.1, -0.05) is 12.1 Å². The van der Waals surface area contributed by atoms with Crippen LogP contribution in [0.3, 0.4) is 0 Å². The van der Waals surface area contributed by atoms with Crippen LogP contribution >= 0.6 is 11.3 Å². The maximum Gasteiger partial charge on any atom is 0.282 e. The standard InChI is InChI=1S/C15H12FN3O2S/c1-8-7-22-15-17-9(2)12(14(21)19(8)15)18-13(20)10-5-3-4-6-11(10)16/h3-7H,1-2H3,(H,18,20). The Morgan fingerprint density at radius 1 is 1.32 bits per heavy atom. The van der Waals surface area contributed by atoms with E-state index < -0.39 is 11.7 Å². The molecule has 0 spiro atoms. The highest BCUT2D eigenvalue weighted by molar-refractivity contribution is 7.15. The van der Waals surface area contributed by atoms with Gasteiger partial charge in [-0.15, -0.1) is 11.3 Å². The molecule has 0 aliphatic rings. The number of fused-ring (bicyclic) bond motifs is 1. The highest BCUT2D eigenvalue weighted by atomic mass is 32.1. The van der Waals surface area contributed by atoms with E-state index in [0.717, 1.165) is 5.69 Å². The number of carbonyl (C=O) groups is 1. The average Bonchev–Trinajstić information content (AvgIpc) is 2.84. The Morgan fingerprint density at radius 3 is 2.77 bits per heavy atom. The molecule has 1 amide bonds. The Labute approximate surface area is 129 Å². The van der Waals surface area contributed by atoms with Crippen molar-refractivity contribution in [3.05, 3.63) is 62.8 Å². The molecular formula is C15H12FN3O2S. The molecule has 1 N–H and O–H groups in total. The number of nitrogens with zero attached hydrogens (tertiary/aromatic N) is 2.